The first-order valence-electron chi connectivity index (χ1n) is 5.70. The number of hydrogen-bond donors (Lipinski definition) is 0. The molecule has 0 aliphatic carbocycles. The van der Waals surface area contributed by atoms with Crippen LogP contribution >= 0.6 is 0 Å². The minimum Gasteiger partial charge on any atom is 0 e. The van der Waals surface area contributed by atoms with Crippen LogP contribution in [0, 0.1) is 63.4 Å². The average molecular weight is 603 g/mol. The Kier molecular flexibility index (Phi) is 18.3. The van der Waals surface area contributed by atoms with Gasteiger partial charge in [-0.25, -0.2) is 0 Å². The van der Waals surface area contributed by atoms with Gasteiger partial charge in [-0.05, 0) is 0 Å². The van der Waals surface area contributed by atoms with Crippen molar-refractivity contribution in [3.05, 3.63) is 23.3 Å². The first-order valence-corrected chi connectivity index (χ1v) is 7.39. The molecule has 0 nitrogen and oxygen atoms in total. The molecule has 0 unspecified atom stereocenters. The van der Waals surface area contributed by atoms with Crippen LogP contribution in [0.3, 0.4) is 0 Å². The zero-order chi connectivity index (χ0) is 12.6. The fraction of sp³-hybridized carbons (Fsp3) is 0.643. The van der Waals surface area contributed by atoms with Crippen LogP contribution in [0.15, 0.2) is 16.7 Å². The second kappa shape index (κ2) is 12.9. The van der Waals surface area contributed by atoms with E-state index in [0.717, 1.165) is 5.57 Å². The van der Waals surface area contributed by atoms with Gasteiger partial charge in [-0.15, -0.1) is 0 Å². The third kappa shape index (κ3) is 8.58. The molecule has 2 heteroatoms. The van der Waals surface area contributed by atoms with Gasteiger partial charge in [-0.1, -0.05) is 13.8 Å². The van der Waals surface area contributed by atoms with Gasteiger partial charge in [0.15, 0.2) is 0 Å². The third-order valence-corrected chi connectivity index (χ3v) is 3.15. The van der Waals surface area contributed by atoms with Gasteiger partial charge in [0.1, 0.15) is 0 Å². The predicted octanol–water partition coefficient (Wildman–Crippen LogP) is 4.35. The molecule has 0 amide bonds. The largest absolute Gasteiger partial charge is 0 e. The Morgan fingerprint density at radius 2 is 1.44 bits per heavy atom. The molecule has 0 spiro atoms. The summed E-state index contributed by atoms with van der Waals surface area (Å²) < 4.78 is 2.25. The van der Waals surface area contributed by atoms with Gasteiger partial charge in [-0.2, -0.15) is 0 Å². The van der Waals surface area contributed by atoms with E-state index < -0.39 is 0 Å². The molecular formula is C14H25RaW-. The molecule has 0 heterocycles. The molecule has 16 heavy (non-hydrogen) atoms. The second-order valence-corrected chi connectivity index (χ2v) is 4.81. The quantitative estimate of drug-likeness (QED) is 0.332. The van der Waals surface area contributed by atoms with Crippen LogP contribution in [0.4, 0.5) is 0 Å². The summed E-state index contributed by atoms with van der Waals surface area (Å²) in [5.74, 6) is 1.03. The molecule has 0 atom stereocenters. The Hall–Kier alpha value is 1.51. The van der Waals surface area contributed by atoms with E-state index in [4.69, 9.17) is 6.58 Å². The van der Waals surface area contributed by atoms with Crippen LogP contribution in [0.2, 0.25) is 0 Å². The van der Waals surface area contributed by atoms with Gasteiger partial charge in [0.25, 0.3) is 0 Å². The zero-order valence-electron chi connectivity index (χ0n) is 11.9. The number of rotatable bonds is 4. The van der Waals surface area contributed by atoms with Crippen molar-refractivity contribution in [2.75, 3.05) is 0 Å². The van der Waals surface area contributed by atoms with Gasteiger partial charge in [0.2, 0.25) is 0 Å². The summed E-state index contributed by atoms with van der Waals surface area (Å²) >= 11 is 1.50. The molecule has 0 aromatic carbocycles. The van der Waals surface area contributed by atoms with Crippen molar-refractivity contribution in [3.63, 3.8) is 0 Å². The number of hydrogen-bond acceptors (Lipinski definition) is 0. The Morgan fingerprint density at radius 1 is 1.06 bits per heavy atom. The molecular weight excluding hydrogens is 578 g/mol. The fourth-order valence-corrected chi connectivity index (χ4v) is 2.87. The molecule has 0 saturated heterocycles. The van der Waals surface area contributed by atoms with E-state index >= 15 is 0 Å². The van der Waals surface area contributed by atoms with E-state index in [2.05, 4.69) is 39.0 Å². The molecule has 0 aliphatic rings. The minimum absolute atomic E-state index is 0. The van der Waals surface area contributed by atoms with E-state index in [1.165, 1.54) is 30.5 Å². The maximum atomic E-state index is 6.02. The van der Waals surface area contributed by atoms with Crippen molar-refractivity contribution in [2.24, 2.45) is 11.8 Å². The minimum atomic E-state index is 0. The van der Waals surface area contributed by atoms with Crippen molar-refractivity contribution < 1.29 is 64.4 Å². The van der Waals surface area contributed by atoms with Crippen LogP contribution in [0.1, 0.15) is 48.5 Å². The first-order chi connectivity index (χ1) is 6.91. The Balaban J connectivity index is -0.000000529. The van der Waals surface area contributed by atoms with Crippen molar-refractivity contribution in [1.82, 2.24) is 0 Å². The van der Waals surface area contributed by atoms with E-state index in [9.17, 15) is 0 Å². The molecule has 0 saturated carbocycles. The molecule has 0 N–H and O–H groups in total. The summed E-state index contributed by atoms with van der Waals surface area (Å²) in [5.41, 5.74) is 3.71. The molecule has 2 radical (unpaired) electrons. The number of allylic oxidation sites excluding steroid dienone is 3. The molecule has 0 rings (SSSR count). The summed E-state index contributed by atoms with van der Waals surface area (Å²) in [4.78, 5) is 0. The van der Waals surface area contributed by atoms with Gasteiger partial charge >= 0.3 is 93.5 Å². The van der Waals surface area contributed by atoms with Crippen LogP contribution in [0.25, 0.3) is 0 Å². The van der Waals surface area contributed by atoms with E-state index in [0.29, 0.717) is 11.8 Å². The topological polar surface area (TPSA) is 0 Å². The molecule has 0 aromatic rings. The van der Waals surface area contributed by atoms with E-state index in [-0.39, 0.29) is 45.0 Å². The average Bonchev–Trinajstić information content (AvgIpc) is 2.19. The maximum absolute atomic E-state index is 6.02. The molecule has 0 bridgehead atoms. The molecule has 90 valence electrons. The van der Waals surface area contributed by atoms with Crippen molar-refractivity contribution in [1.29, 1.82) is 0 Å². The Labute approximate surface area is 150 Å². The first kappa shape index (κ1) is 22.7. The molecule has 0 aromatic heterocycles. The van der Waals surface area contributed by atoms with Crippen molar-refractivity contribution in [3.8, 4) is 0 Å². The molecule has 0 aliphatic heterocycles. The van der Waals surface area contributed by atoms with Gasteiger partial charge < -0.3 is 0 Å². The van der Waals surface area contributed by atoms with Crippen LogP contribution < -0.4 is 0 Å². The fourth-order valence-electron chi connectivity index (χ4n) is 1.26. The second-order valence-electron chi connectivity index (χ2n) is 3.96. The van der Waals surface area contributed by atoms with E-state index in [1.54, 1.807) is 0 Å². The Bertz CT molecular complexity index is 237. The normalized spacial score (nSPS) is 11.1. The standard InChI is InChI=1S/C12H19.C2H6.Ra.W/c1-8(2)10(5)12(7)11(6)9(3)4;1-2;;/h5-6,8-9H,1-4,7H3;1-2H3;;/q-1;;;/b12-10+;;;. The van der Waals surface area contributed by atoms with E-state index in [1.807, 2.05) is 13.8 Å². The smallest absolute Gasteiger partial charge is 0 e. The van der Waals surface area contributed by atoms with Crippen LogP contribution in [-0.2, 0) is 19.4 Å². The van der Waals surface area contributed by atoms with Gasteiger partial charge in [0.05, 0.1) is 0 Å². The van der Waals surface area contributed by atoms with Crippen LogP contribution in [-0.4, -0.2) is 4.40 Å². The zero-order valence-corrected chi connectivity index (χ0v) is 20.7. The SMILES string of the molecule is CC.[CH-]=C(/C(C)=C(\[CH]=[W])C(C)C)C(C)C.[Ra]. The summed E-state index contributed by atoms with van der Waals surface area (Å²) in [6, 6.07) is 0. The maximum Gasteiger partial charge on any atom is 0 e. The van der Waals surface area contributed by atoms with Crippen molar-refractivity contribution >= 4 is 4.40 Å². The van der Waals surface area contributed by atoms with Gasteiger partial charge in [0, 0.05) is 45.0 Å². The van der Waals surface area contributed by atoms with Crippen LogP contribution in [0.5, 0.6) is 0 Å². The van der Waals surface area contributed by atoms with Gasteiger partial charge in [-0.3, -0.25) is 0 Å². The van der Waals surface area contributed by atoms with Crippen molar-refractivity contribution in [2.45, 2.75) is 48.5 Å². The monoisotopic (exact) mass is 603 g/mol. The molecule has 0 fully saturated rings. The predicted molar refractivity (Wildman–Crippen MR) is 67.6 cm³/mol. The summed E-state index contributed by atoms with van der Waals surface area (Å²) in [7, 11) is 0. The Morgan fingerprint density at radius 3 is 1.62 bits per heavy atom. The summed E-state index contributed by atoms with van der Waals surface area (Å²) in [6.07, 6.45) is 0. The summed E-state index contributed by atoms with van der Waals surface area (Å²) in [6.45, 7) is 20.9. The summed E-state index contributed by atoms with van der Waals surface area (Å²) in [5, 5.41) is 0. The third-order valence-electron chi connectivity index (χ3n) is 2.24.